The summed E-state index contributed by atoms with van der Waals surface area (Å²) >= 11 is 0. The van der Waals surface area contributed by atoms with E-state index in [1.54, 1.807) is 6.07 Å². The molecule has 0 radical (unpaired) electrons. The largest absolute Gasteiger partial charge is 0.486 e. The van der Waals surface area contributed by atoms with Crippen molar-refractivity contribution in [2.24, 2.45) is 5.10 Å². The van der Waals surface area contributed by atoms with Gasteiger partial charge in [-0.25, -0.2) is 5.01 Å². The average molecular weight is 460 g/mol. The molecule has 0 saturated heterocycles. The Hall–Kier alpha value is -4.40. The third-order valence-corrected chi connectivity index (χ3v) is 5.19. The van der Waals surface area contributed by atoms with Crippen molar-refractivity contribution in [3.63, 3.8) is 0 Å². The van der Waals surface area contributed by atoms with Crippen molar-refractivity contribution in [3.8, 4) is 5.75 Å². The quantitative estimate of drug-likeness (QED) is 0.547. The molecule has 3 aromatic rings. The van der Waals surface area contributed by atoms with Crippen molar-refractivity contribution in [1.29, 1.82) is 0 Å². The molecule has 2 heterocycles. The maximum absolute atomic E-state index is 12.6. The smallest absolute Gasteiger partial charge is 0.305 e. The van der Waals surface area contributed by atoms with Gasteiger partial charge in [0.2, 0.25) is 5.91 Å². The van der Waals surface area contributed by atoms with E-state index in [4.69, 9.17) is 9.15 Å². The first-order valence-corrected chi connectivity index (χ1v) is 10.8. The van der Waals surface area contributed by atoms with Crippen molar-refractivity contribution in [2.75, 3.05) is 5.01 Å². The number of para-hydroxylation sites is 1. The van der Waals surface area contributed by atoms with Crippen LogP contribution < -0.4 is 20.6 Å². The van der Waals surface area contributed by atoms with Crippen LogP contribution >= 0.6 is 0 Å². The number of hydrogen-bond acceptors (Lipinski definition) is 6. The SMILES string of the molecule is Cc1ccc(C)c(N2N=C(C(=O)NNC(=O)c3ccc(COc4ccccc4)o3)CCC2=O)c1. The van der Waals surface area contributed by atoms with Gasteiger partial charge < -0.3 is 9.15 Å². The van der Waals surface area contributed by atoms with Crippen LogP contribution in [0.5, 0.6) is 5.75 Å². The number of amides is 3. The fourth-order valence-corrected chi connectivity index (χ4v) is 3.35. The number of hydrazine groups is 1. The number of furan rings is 1. The minimum Gasteiger partial charge on any atom is -0.486 e. The maximum atomic E-state index is 12.6. The first-order valence-electron chi connectivity index (χ1n) is 10.8. The summed E-state index contributed by atoms with van der Waals surface area (Å²) in [6, 6.07) is 18.0. The molecule has 3 amide bonds. The number of carbonyl (C=O) groups is 3. The molecule has 2 aromatic carbocycles. The molecule has 0 unspecified atom stereocenters. The summed E-state index contributed by atoms with van der Waals surface area (Å²) < 4.78 is 11.1. The van der Waals surface area contributed by atoms with Gasteiger partial charge in [-0.1, -0.05) is 30.3 Å². The second-order valence-corrected chi connectivity index (χ2v) is 7.82. The molecule has 2 N–H and O–H groups in total. The highest BCUT2D eigenvalue weighted by Gasteiger charge is 2.27. The minimum atomic E-state index is -0.627. The molecule has 0 saturated carbocycles. The number of rotatable bonds is 6. The molecular formula is C25H24N4O5. The lowest BCUT2D eigenvalue weighted by molar-refractivity contribution is -0.119. The predicted molar refractivity (Wildman–Crippen MR) is 125 cm³/mol. The molecule has 0 bridgehead atoms. The van der Waals surface area contributed by atoms with Crippen LogP contribution in [0.15, 0.2) is 70.2 Å². The van der Waals surface area contributed by atoms with E-state index >= 15 is 0 Å². The van der Waals surface area contributed by atoms with E-state index in [1.807, 2.05) is 62.4 Å². The van der Waals surface area contributed by atoms with E-state index in [9.17, 15) is 14.4 Å². The number of hydrogen-bond donors (Lipinski definition) is 2. The van der Waals surface area contributed by atoms with Crippen LogP contribution in [0.4, 0.5) is 5.69 Å². The Morgan fingerprint density at radius 3 is 2.56 bits per heavy atom. The van der Waals surface area contributed by atoms with Crippen molar-refractivity contribution in [2.45, 2.75) is 33.3 Å². The van der Waals surface area contributed by atoms with Crippen LogP contribution in [0.25, 0.3) is 0 Å². The summed E-state index contributed by atoms with van der Waals surface area (Å²) in [5.41, 5.74) is 7.24. The van der Waals surface area contributed by atoms with Crippen LogP contribution in [0.3, 0.4) is 0 Å². The summed E-state index contributed by atoms with van der Waals surface area (Å²) in [5.74, 6) is -0.271. The molecule has 1 aromatic heterocycles. The van der Waals surface area contributed by atoms with E-state index in [2.05, 4.69) is 16.0 Å². The zero-order chi connectivity index (χ0) is 24.1. The standard InChI is InChI=1S/C25H24N4O5/c1-16-8-9-17(2)21(14-16)29-23(30)13-11-20(28-29)24(31)26-27-25(32)22-12-10-19(34-22)15-33-18-6-4-3-5-7-18/h3-10,12,14H,11,13,15H2,1-2H3,(H,26,31)(H,27,32). The maximum Gasteiger partial charge on any atom is 0.305 e. The lowest BCUT2D eigenvalue weighted by Crippen LogP contribution is -2.47. The molecule has 9 heteroatoms. The van der Waals surface area contributed by atoms with Gasteiger partial charge in [0.05, 0.1) is 5.69 Å². The van der Waals surface area contributed by atoms with Gasteiger partial charge in [0.1, 0.15) is 23.8 Å². The van der Waals surface area contributed by atoms with Gasteiger partial charge in [-0.15, -0.1) is 0 Å². The van der Waals surface area contributed by atoms with Gasteiger partial charge in [0.15, 0.2) is 5.76 Å². The molecule has 0 fully saturated rings. The summed E-state index contributed by atoms with van der Waals surface area (Å²) in [6.45, 7) is 3.94. The summed E-state index contributed by atoms with van der Waals surface area (Å²) in [5, 5.41) is 5.48. The number of anilines is 1. The fourth-order valence-electron chi connectivity index (χ4n) is 3.35. The van der Waals surface area contributed by atoms with E-state index in [1.165, 1.54) is 11.1 Å². The lowest BCUT2D eigenvalue weighted by atomic mass is 10.1. The Balaban J connectivity index is 1.35. The van der Waals surface area contributed by atoms with Gasteiger partial charge >= 0.3 is 5.91 Å². The Kier molecular flexibility index (Phi) is 6.72. The minimum absolute atomic E-state index is 0.0183. The number of benzene rings is 2. The van der Waals surface area contributed by atoms with Crippen LogP contribution in [0, 0.1) is 13.8 Å². The highest BCUT2D eigenvalue weighted by molar-refractivity contribution is 6.40. The monoisotopic (exact) mass is 460 g/mol. The van der Waals surface area contributed by atoms with Gasteiger partial charge in [0, 0.05) is 12.8 Å². The topological polar surface area (TPSA) is 113 Å². The summed E-state index contributed by atoms with van der Waals surface area (Å²) in [6.07, 6.45) is 0.306. The van der Waals surface area contributed by atoms with Crippen LogP contribution in [-0.2, 0) is 16.2 Å². The van der Waals surface area contributed by atoms with E-state index in [0.29, 0.717) is 17.2 Å². The molecule has 0 aliphatic carbocycles. The molecule has 1 aliphatic rings. The zero-order valence-electron chi connectivity index (χ0n) is 18.8. The van der Waals surface area contributed by atoms with Crippen molar-refractivity contribution in [1.82, 2.24) is 10.9 Å². The molecule has 1 aliphatic heterocycles. The van der Waals surface area contributed by atoms with Crippen LogP contribution in [0.1, 0.15) is 40.3 Å². The van der Waals surface area contributed by atoms with Crippen molar-refractivity contribution >= 4 is 29.1 Å². The summed E-state index contributed by atoms with van der Waals surface area (Å²) in [7, 11) is 0. The number of aryl methyl sites for hydroxylation is 2. The molecule has 34 heavy (non-hydrogen) atoms. The lowest BCUT2D eigenvalue weighted by Gasteiger charge is -2.24. The predicted octanol–water partition coefficient (Wildman–Crippen LogP) is 3.42. The molecule has 4 rings (SSSR count). The first kappa shape index (κ1) is 22.8. The second kappa shape index (κ2) is 10.0. The third kappa shape index (κ3) is 5.32. The van der Waals surface area contributed by atoms with E-state index in [-0.39, 0.29) is 36.8 Å². The Morgan fingerprint density at radius 2 is 1.76 bits per heavy atom. The highest BCUT2D eigenvalue weighted by Crippen LogP contribution is 2.25. The number of hydrazone groups is 1. The molecular weight excluding hydrogens is 436 g/mol. The molecule has 174 valence electrons. The molecule has 0 spiro atoms. The number of ether oxygens (including phenoxy) is 1. The zero-order valence-corrected chi connectivity index (χ0v) is 18.8. The normalized spacial score (nSPS) is 13.3. The van der Waals surface area contributed by atoms with Crippen LogP contribution in [-0.4, -0.2) is 23.4 Å². The van der Waals surface area contributed by atoms with Crippen molar-refractivity contribution < 1.29 is 23.5 Å². The summed E-state index contributed by atoms with van der Waals surface area (Å²) in [4.78, 5) is 37.4. The van der Waals surface area contributed by atoms with Gasteiger partial charge in [-0.3, -0.25) is 25.2 Å². The van der Waals surface area contributed by atoms with Gasteiger partial charge in [-0.2, -0.15) is 5.10 Å². The molecule has 9 nitrogen and oxygen atoms in total. The van der Waals surface area contributed by atoms with Crippen LogP contribution in [0.2, 0.25) is 0 Å². The number of nitrogens with one attached hydrogen (secondary N) is 2. The average Bonchev–Trinajstić information content (AvgIpc) is 3.33. The van der Waals surface area contributed by atoms with E-state index in [0.717, 1.165) is 11.1 Å². The molecule has 0 atom stereocenters. The number of nitrogens with zero attached hydrogens (tertiary/aromatic N) is 2. The first-order chi connectivity index (χ1) is 16.4. The number of carbonyl (C=O) groups excluding carboxylic acids is 3. The third-order valence-electron chi connectivity index (χ3n) is 5.19. The Morgan fingerprint density at radius 1 is 1.00 bits per heavy atom. The fraction of sp³-hybridized carbons (Fsp3) is 0.200. The van der Waals surface area contributed by atoms with Crippen molar-refractivity contribution in [3.05, 3.63) is 83.3 Å². The Bertz CT molecular complexity index is 1250. The van der Waals surface area contributed by atoms with Gasteiger partial charge in [0.25, 0.3) is 5.91 Å². The highest BCUT2D eigenvalue weighted by atomic mass is 16.5. The van der Waals surface area contributed by atoms with E-state index < -0.39 is 11.8 Å². The second-order valence-electron chi connectivity index (χ2n) is 7.82. The Labute approximate surface area is 196 Å². The van der Waals surface area contributed by atoms with Gasteiger partial charge in [-0.05, 0) is 55.3 Å².